The standard InChI is InChI=1S/C27H42O6/c1-14-5-8-27(32-13-14)15(2)23-21(33-27)10-18-16-9-22(30)26(31)12-20(29)19(28)11-25(26,4)17(16)6-7-24(18,23)3/h14-21,23,28-29,31H,5-13H2,1-4H3/t14-,15-,16+,17-,18+,19+,20-,21+,23-,24+,25-,26+,27+/m1/s1. The van der Waals surface area contributed by atoms with Crippen LogP contribution >= 0.6 is 0 Å². The van der Waals surface area contributed by atoms with Crippen molar-refractivity contribution in [1.29, 1.82) is 0 Å². The average molecular weight is 463 g/mol. The predicted molar refractivity (Wildman–Crippen MR) is 121 cm³/mol. The van der Waals surface area contributed by atoms with Gasteiger partial charge >= 0.3 is 0 Å². The van der Waals surface area contributed by atoms with Crippen LogP contribution in [-0.4, -0.2) is 57.4 Å². The number of Topliss-reactive ketones (excluding diaryl/α,β-unsaturated/α-hetero) is 1. The predicted octanol–water partition coefficient (Wildman–Crippen LogP) is 3.06. The smallest absolute Gasteiger partial charge is 0.171 e. The number of carbonyl (C=O) groups is 1. The SMILES string of the molecule is C[C@@H]1CC[C@]2(OC1)O[C@H]1C[C@H]3[C@H]4CC(=O)[C@@]5(O)C[C@@H](O)[C@@H](O)C[C@]5(C)[C@@H]4CC[C@]3(C)[C@@H]1[C@H]2C. The first kappa shape index (κ1) is 22.9. The summed E-state index contributed by atoms with van der Waals surface area (Å²) in [5.74, 6) is 1.53. The third kappa shape index (κ3) is 2.76. The Balaban J connectivity index is 1.31. The number of rotatable bonds is 0. The molecule has 33 heavy (non-hydrogen) atoms. The molecule has 6 heteroatoms. The second-order valence-electron chi connectivity index (χ2n) is 13.3. The summed E-state index contributed by atoms with van der Waals surface area (Å²) in [6.45, 7) is 9.77. The fourth-order valence-electron chi connectivity index (χ4n) is 10.1. The molecular formula is C27H42O6. The summed E-state index contributed by atoms with van der Waals surface area (Å²) >= 11 is 0. The van der Waals surface area contributed by atoms with E-state index in [1.807, 2.05) is 6.92 Å². The highest BCUT2D eigenvalue weighted by molar-refractivity contribution is 5.89. The van der Waals surface area contributed by atoms with Gasteiger partial charge < -0.3 is 24.8 Å². The third-order valence-electron chi connectivity index (χ3n) is 11.9. The zero-order chi connectivity index (χ0) is 23.6. The molecule has 0 unspecified atom stereocenters. The first-order valence-electron chi connectivity index (χ1n) is 13.4. The Hall–Kier alpha value is -0.530. The Labute approximate surface area is 197 Å². The third-order valence-corrected chi connectivity index (χ3v) is 11.9. The number of carbonyl (C=O) groups excluding carboxylic acids is 1. The zero-order valence-electron chi connectivity index (χ0n) is 20.6. The molecule has 4 aliphatic carbocycles. The van der Waals surface area contributed by atoms with Gasteiger partial charge in [-0.05, 0) is 67.1 Å². The Morgan fingerprint density at radius 2 is 1.73 bits per heavy atom. The van der Waals surface area contributed by atoms with E-state index in [9.17, 15) is 20.1 Å². The first-order valence-corrected chi connectivity index (χ1v) is 13.4. The van der Waals surface area contributed by atoms with Crippen LogP contribution in [0.1, 0.15) is 79.1 Å². The first-order chi connectivity index (χ1) is 15.5. The fraction of sp³-hybridized carbons (Fsp3) is 0.963. The molecule has 1 spiro atoms. The van der Waals surface area contributed by atoms with Crippen molar-refractivity contribution in [3.05, 3.63) is 0 Å². The highest BCUT2D eigenvalue weighted by Crippen LogP contribution is 2.71. The van der Waals surface area contributed by atoms with Crippen molar-refractivity contribution in [1.82, 2.24) is 0 Å². The van der Waals surface area contributed by atoms with E-state index in [1.54, 1.807) is 0 Å². The van der Waals surface area contributed by atoms with Crippen molar-refractivity contribution in [2.45, 2.75) is 109 Å². The van der Waals surface area contributed by atoms with Crippen molar-refractivity contribution in [2.75, 3.05) is 6.61 Å². The molecule has 6 fully saturated rings. The van der Waals surface area contributed by atoms with Crippen LogP contribution in [0.3, 0.4) is 0 Å². The van der Waals surface area contributed by atoms with Crippen LogP contribution in [0, 0.1) is 46.3 Å². The largest absolute Gasteiger partial charge is 0.390 e. The number of hydrogen-bond acceptors (Lipinski definition) is 6. The van der Waals surface area contributed by atoms with E-state index in [0.717, 1.165) is 38.7 Å². The Morgan fingerprint density at radius 1 is 1.00 bits per heavy atom. The molecule has 6 aliphatic rings. The Morgan fingerprint density at radius 3 is 2.42 bits per heavy atom. The van der Waals surface area contributed by atoms with Crippen LogP contribution in [-0.2, 0) is 14.3 Å². The van der Waals surface area contributed by atoms with Gasteiger partial charge in [-0.25, -0.2) is 0 Å². The van der Waals surface area contributed by atoms with Gasteiger partial charge in [0.25, 0.3) is 0 Å². The second-order valence-corrected chi connectivity index (χ2v) is 13.3. The number of aliphatic hydroxyl groups is 3. The molecule has 0 aromatic carbocycles. The average Bonchev–Trinajstić information content (AvgIpc) is 3.19. The normalized spacial score (nSPS) is 62.5. The van der Waals surface area contributed by atoms with E-state index >= 15 is 0 Å². The molecule has 186 valence electrons. The molecule has 0 aromatic heterocycles. The summed E-state index contributed by atoms with van der Waals surface area (Å²) in [4.78, 5) is 13.4. The Bertz CT molecular complexity index is 836. The summed E-state index contributed by atoms with van der Waals surface area (Å²) in [6.07, 6.45) is 3.96. The highest BCUT2D eigenvalue weighted by atomic mass is 16.7. The molecule has 0 amide bonds. The van der Waals surface area contributed by atoms with E-state index in [0.29, 0.717) is 30.1 Å². The molecule has 3 N–H and O–H groups in total. The van der Waals surface area contributed by atoms with E-state index in [1.165, 1.54) is 0 Å². The lowest BCUT2D eigenvalue weighted by atomic mass is 9.42. The second kappa shape index (κ2) is 7.03. The lowest BCUT2D eigenvalue weighted by Gasteiger charge is -2.63. The topological polar surface area (TPSA) is 96.2 Å². The molecule has 0 radical (unpaired) electrons. The van der Waals surface area contributed by atoms with Gasteiger partial charge in [-0.15, -0.1) is 0 Å². The van der Waals surface area contributed by atoms with Gasteiger partial charge in [0, 0.05) is 30.6 Å². The number of aliphatic hydroxyl groups excluding tert-OH is 2. The van der Waals surface area contributed by atoms with Gasteiger partial charge in [-0.3, -0.25) is 4.79 Å². The van der Waals surface area contributed by atoms with Crippen LogP contribution in [0.5, 0.6) is 0 Å². The van der Waals surface area contributed by atoms with E-state index in [-0.39, 0.29) is 42.0 Å². The van der Waals surface area contributed by atoms with Crippen molar-refractivity contribution in [3.63, 3.8) is 0 Å². The van der Waals surface area contributed by atoms with Crippen LogP contribution in [0.25, 0.3) is 0 Å². The van der Waals surface area contributed by atoms with Crippen molar-refractivity contribution in [2.24, 2.45) is 46.3 Å². The number of ketones is 1. The van der Waals surface area contributed by atoms with Gasteiger partial charge in [0.15, 0.2) is 11.6 Å². The molecule has 2 saturated heterocycles. The monoisotopic (exact) mass is 462 g/mol. The highest BCUT2D eigenvalue weighted by Gasteiger charge is 2.72. The van der Waals surface area contributed by atoms with Crippen LogP contribution in [0.2, 0.25) is 0 Å². The van der Waals surface area contributed by atoms with Crippen LogP contribution in [0.4, 0.5) is 0 Å². The summed E-state index contributed by atoms with van der Waals surface area (Å²) < 4.78 is 13.2. The van der Waals surface area contributed by atoms with E-state index in [4.69, 9.17) is 9.47 Å². The molecule has 0 aromatic rings. The molecular weight excluding hydrogens is 420 g/mol. The van der Waals surface area contributed by atoms with Crippen LogP contribution < -0.4 is 0 Å². The molecule has 13 atom stereocenters. The maximum Gasteiger partial charge on any atom is 0.171 e. The van der Waals surface area contributed by atoms with Gasteiger partial charge in [0.05, 0.1) is 24.9 Å². The summed E-state index contributed by atoms with van der Waals surface area (Å²) in [5, 5.41) is 32.4. The minimum atomic E-state index is -1.53. The minimum Gasteiger partial charge on any atom is -0.390 e. The summed E-state index contributed by atoms with van der Waals surface area (Å²) in [5.41, 5.74) is -2.13. The van der Waals surface area contributed by atoms with Gasteiger partial charge in [-0.2, -0.15) is 0 Å². The van der Waals surface area contributed by atoms with Crippen molar-refractivity contribution < 1.29 is 29.6 Å². The Kier molecular flexibility index (Phi) is 4.88. The van der Waals surface area contributed by atoms with Gasteiger partial charge in [-0.1, -0.05) is 27.7 Å². The van der Waals surface area contributed by atoms with Crippen molar-refractivity contribution >= 4 is 5.78 Å². The number of ether oxygens (including phenoxy) is 2. The zero-order valence-corrected chi connectivity index (χ0v) is 20.6. The molecule has 6 nitrogen and oxygen atoms in total. The lowest BCUT2D eigenvalue weighted by Crippen LogP contribution is -2.69. The molecule has 2 heterocycles. The molecule has 6 rings (SSSR count). The minimum absolute atomic E-state index is 0.0433. The maximum absolute atomic E-state index is 13.4. The lowest BCUT2D eigenvalue weighted by molar-refractivity contribution is -0.274. The quantitative estimate of drug-likeness (QED) is 0.512. The fourth-order valence-corrected chi connectivity index (χ4v) is 10.1. The number of hydrogen-bond donors (Lipinski definition) is 3. The summed E-state index contributed by atoms with van der Waals surface area (Å²) in [7, 11) is 0. The van der Waals surface area contributed by atoms with Crippen molar-refractivity contribution in [3.8, 4) is 0 Å². The van der Waals surface area contributed by atoms with Gasteiger partial charge in [0.1, 0.15) is 5.60 Å². The maximum atomic E-state index is 13.4. The molecule has 0 bridgehead atoms. The number of fused-ring (bicyclic) bond motifs is 7. The van der Waals surface area contributed by atoms with Gasteiger partial charge in [0.2, 0.25) is 0 Å². The van der Waals surface area contributed by atoms with E-state index in [2.05, 4.69) is 20.8 Å². The molecule has 4 saturated carbocycles. The van der Waals surface area contributed by atoms with E-state index < -0.39 is 29.0 Å². The molecule has 2 aliphatic heterocycles. The summed E-state index contributed by atoms with van der Waals surface area (Å²) in [6, 6.07) is 0. The van der Waals surface area contributed by atoms with Crippen LogP contribution in [0.15, 0.2) is 0 Å².